The van der Waals surface area contributed by atoms with E-state index in [2.05, 4.69) is 0 Å². The second-order valence-corrected chi connectivity index (χ2v) is 7.42. The number of benzene rings is 1. The van der Waals surface area contributed by atoms with E-state index in [1.54, 1.807) is 11.3 Å². The molecule has 0 amide bonds. The van der Waals surface area contributed by atoms with Crippen molar-refractivity contribution >= 4 is 27.0 Å². The van der Waals surface area contributed by atoms with Gasteiger partial charge in [-0.3, -0.25) is 0 Å². The second kappa shape index (κ2) is 5.90. The highest BCUT2D eigenvalue weighted by atomic mass is 32.2. The van der Waals surface area contributed by atoms with Crippen molar-refractivity contribution in [1.29, 1.82) is 0 Å². The molecule has 0 aliphatic heterocycles. The Morgan fingerprint density at radius 2 is 2.10 bits per heavy atom. The van der Waals surface area contributed by atoms with Crippen LogP contribution in [-0.2, 0) is 16.4 Å². The van der Waals surface area contributed by atoms with E-state index in [0.29, 0.717) is 13.0 Å². The molecule has 1 heterocycles. The first-order valence-electron chi connectivity index (χ1n) is 5.95. The van der Waals surface area contributed by atoms with Gasteiger partial charge in [-0.2, -0.15) is 0 Å². The molecule has 0 saturated carbocycles. The lowest BCUT2D eigenvalue weighted by molar-refractivity contribution is 0.472. The lowest BCUT2D eigenvalue weighted by atomic mass is 10.3. The van der Waals surface area contributed by atoms with Gasteiger partial charge in [-0.15, -0.1) is 11.3 Å². The first kappa shape index (κ1) is 15.0. The molecule has 7 heteroatoms. The quantitative estimate of drug-likeness (QED) is 0.862. The zero-order valence-electron chi connectivity index (χ0n) is 10.9. The fourth-order valence-electron chi connectivity index (χ4n) is 1.69. The summed E-state index contributed by atoms with van der Waals surface area (Å²) in [4.78, 5) is 1.02. The van der Waals surface area contributed by atoms with Gasteiger partial charge in [0.2, 0.25) is 10.0 Å². The minimum absolute atomic E-state index is 0.0646. The molecule has 0 radical (unpaired) electrons. The summed E-state index contributed by atoms with van der Waals surface area (Å²) in [5, 5.41) is 1.94. The van der Waals surface area contributed by atoms with Gasteiger partial charge in [0.15, 0.2) is 0 Å². The summed E-state index contributed by atoms with van der Waals surface area (Å²) in [5.41, 5.74) is 5.28. The Hall–Kier alpha value is -1.44. The number of likely N-dealkylation sites (N-methyl/N-ethyl adjacent to an activating group) is 1. The molecule has 108 valence electrons. The van der Waals surface area contributed by atoms with Crippen molar-refractivity contribution in [3.8, 4) is 0 Å². The van der Waals surface area contributed by atoms with Crippen LogP contribution in [0.2, 0.25) is 0 Å². The Bertz CT molecular complexity index is 684. The van der Waals surface area contributed by atoms with Gasteiger partial charge in [0.1, 0.15) is 5.82 Å². The number of hydrogen-bond acceptors (Lipinski definition) is 4. The fraction of sp³-hybridized carbons (Fsp3) is 0.231. The number of nitrogen functional groups attached to an aromatic ring is 1. The molecule has 1 aromatic carbocycles. The number of halogens is 1. The van der Waals surface area contributed by atoms with E-state index < -0.39 is 15.8 Å². The van der Waals surface area contributed by atoms with Gasteiger partial charge in [-0.05, 0) is 36.1 Å². The predicted molar refractivity (Wildman–Crippen MR) is 78.7 cm³/mol. The normalized spacial score (nSPS) is 11.9. The Morgan fingerprint density at radius 1 is 1.35 bits per heavy atom. The van der Waals surface area contributed by atoms with Crippen LogP contribution in [0.5, 0.6) is 0 Å². The lowest BCUT2D eigenvalue weighted by Gasteiger charge is -2.17. The molecule has 0 unspecified atom stereocenters. The summed E-state index contributed by atoms with van der Waals surface area (Å²) in [5.74, 6) is -0.724. The van der Waals surface area contributed by atoms with Gasteiger partial charge in [-0.25, -0.2) is 17.1 Å². The van der Waals surface area contributed by atoms with Crippen LogP contribution >= 0.6 is 11.3 Å². The zero-order chi connectivity index (χ0) is 14.8. The molecule has 0 atom stereocenters. The third-order valence-electron chi connectivity index (χ3n) is 2.93. The van der Waals surface area contributed by atoms with Crippen LogP contribution in [0, 0.1) is 5.82 Å². The molecule has 0 aliphatic carbocycles. The number of nitrogens with zero attached hydrogens (tertiary/aromatic N) is 1. The third-order valence-corrected chi connectivity index (χ3v) is 5.72. The van der Waals surface area contributed by atoms with Crippen molar-refractivity contribution in [1.82, 2.24) is 4.31 Å². The average Bonchev–Trinajstić information content (AvgIpc) is 2.92. The van der Waals surface area contributed by atoms with Gasteiger partial charge in [-0.1, -0.05) is 6.07 Å². The number of sulfonamides is 1. The smallest absolute Gasteiger partial charge is 0.242 e. The second-order valence-electron chi connectivity index (χ2n) is 4.34. The van der Waals surface area contributed by atoms with E-state index in [1.165, 1.54) is 23.5 Å². The van der Waals surface area contributed by atoms with Crippen molar-refractivity contribution in [2.24, 2.45) is 0 Å². The maximum atomic E-state index is 13.4. The van der Waals surface area contributed by atoms with Crippen molar-refractivity contribution in [2.45, 2.75) is 11.3 Å². The molecular formula is C13H15FN2O2S2. The molecule has 2 aromatic rings. The number of nitrogens with two attached hydrogens (primary N) is 1. The van der Waals surface area contributed by atoms with E-state index in [9.17, 15) is 12.8 Å². The van der Waals surface area contributed by atoms with E-state index in [1.807, 2.05) is 17.5 Å². The van der Waals surface area contributed by atoms with Crippen LogP contribution in [0.25, 0.3) is 0 Å². The van der Waals surface area contributed by atoms with Crippen LogP contribution in [0.4, 0.5) is 10.1 Å². The van der Waals surface area contributed by atoms with Crippen LogP contribution in [0.15, 0.2) is 40.6 Å². The lowest BCUT2D eigenvalue weighted by Crippen LogP contribution is -2.29. The summed E-state index contributed by atoms with van der Waals surface area (Å²) in [6.45, 7) is 0.342. The molecular weight excluding hydrogens is 299 g/mol. The number of thiophene rings is 1. The number of rotatable bonds is 5. The predicted octanol–water partition coefficient (Wildman–Crippen LogP) is 2.33. The van der Waals surface area contributed by atoms with Gasteiger partial charge >= 0.3 is 0 Å². The van der Waals surface area contributed by atoms with Crippen LogP contribution in [-0.4, -0.2) is 26.3 Å². The van der Waals surface area contributed by atoms with E-state index in [0.717, 1.165) is 10.9 Å². The summed E-state index contributed by atoms with van der Waals surface area (Å²) in [7, 11) is -2.21. The summed E-state index contributed by atoms with van der Waals surface area (Å²) in [6, 6.07) is 7.40. The Labute approximate surface area is 121 Å². The molecule has 2 N–H and O–H groups in total. The largest absolute Gasteiger partial charge is 0.396 e. The molecule has 0 fully saturated rings. The van der Waals surface area contributed by atoms with Gasteiger partial charge < -0.3 is 5.73 Å². The van der Waals surface area contributed by atoms with Crippen molar-refractivity contribution < 1.29 is 12.8 Å². The Morgan fingerprint density at radius 3 is 2.70 bits per heavy atom. The highest BCUT2D eigenvalue weighted by Gasteiger charge is 2.21. The minimum atomic E-state index is -3.69. The van der Waals surface area contributed by atoms with E-state index in [-0.39, 0.29) is 10.6 Å². The molecule has 2 rings (SSSR count). The fourth-order valence-corrected chi connectivity index (χ4v) is 3.57. The number of hydrogen-bond donors (Lipinski definition) is 1. The highest BCUT2D eigenvalue weighted by molar-refractivity contribution is 7.89. The molecule has 4 nitrogen and oxygen atoms in total. The van der Waals surface area contributed by atoms with E-state index >= 15 is 0 Å². The third kappa shape index (κ3) is 3.17. The zero-order valence-corrected chi connectivity index (χ0v) is 12.5. The number of anilines is 1. The molecule has 20 heavy (non-hydrogen) atoms. The van der Waals surface area contributed by atoms with Crippen molar-refractivity contribution in [3.63, 3.8) is 0 Å². The topological polar surface area (TPSA) is 63.4 Å². The maximum Gasteiger partial charge on any atom is 0.242 e. The minimum Gasteiger partial charge on any atom is -0.396 e. The van der Waals surface area contributed by atoms with Crippen molar-refractivity contribution in [2.75, 3.05) is 19.3 Å². The first-order valence-corrected chi connectivity index (χ1v) is 8.27. The molecule has 0 spiro atoms. The molecule has 0 saturated heterocycles. The highest BCUT2D eigenvalue weighted by Crippen LogP contribution is 2.20. The van der Waals surface area contributed by atoms with Crippen LogP contribution in [0.1, 0.15) is 4.88 Å². The average molecular weight is 314 g/mol. The van der Waals surface area contributed by atoms with Gasteiger partial charge in [0.05, 0.1) is 10.6 Å². The Kier molecular flexibility index (Phi) is 4.42. The van der Waals surface area contributed by atoms with Gasteiger partial charge in [0.25, 0.3) is 0 Å². The first-order chi connectivity index (χ1) is 9.41. The SMILES string of the molecule is CN(CCc1cccs1)S(=O)(=O)c1ccc(N)c(F)c1. The summed E-state index contributed by atoms with van der Waals surface area (Å²) >= 11 is 1.58. The molecule has 0 aliphatic rings. The van der Waals surface area contributed by atoms with Gasteiger partial charge in [0, 0.05) is 18.5 Å². The summed E-state index contributed by atoms with van der Waals surface area (Å²) in [6.07, 6.45) is 0.630. The van der Waals surface area contributed by atoms with Crippen LogP contribution in [0.3, 0.4) is 0 Å². The maximum absolute atomic E-state index is 13.4. The monoisotopic (exact) mass is 314 g/mol. The Balaban J connectivity index is 2.14. The molecule has 1 aromatic heterocycles. The summed E-state index contributed by atoms with van der Waals surface area (Å²) < 4.78 is 39.1. The van der Waals surface area contributed by atoms with Crippen molar-refractivity contribution in [3.05, 3.63) is 46.4 Å². The van der Waals surface area contributed by atoms with E-state index in [4.69, 9.17) is 5.73 Å². The van der Waals surface area contributed by atoms with Crippen LogP contribution < -0.4 is 5.73 Å². The standard InChI is InChI=1S/C13H15FN2O2S2/c1-16(7-6-10-3-2-8-19-10)20(17,18)11-4-5-13(15)12(14)9-11/h2-5,8-9H,6-7,15H2,1H3. The molecule has 0 bridgehead atoms.